The molecule has 0 saturated carbocycles. The highest BCUT2D eigenvalue weighted by Gasteiger charge is 2.16. The van der Waals surface area contributed by atoms with Crippen molar-refractivity contribution in [3.05, 3.63) is 16.0 Å². The molecule has 64 valence electrons. The maximum absolute atomic E-state index is 10.5. The molecule has 1 aromatic rings. The summed E-state index contributed by atoms with van der Waals surface area (Å²) in [4.78, 5) is 17.3. The van der Waals surface area contributed by atoms with Gasteiger partial charge in [0.25, 0.3) is 0 Å². The Bertz CT molecular complexity index is 318. The molecule has 0 atom stereocenters. The molecule has 1 heterocycles. The van der Waals surface area contributed by atoms with Gasteiger partial charge >= 0.3 is 5.97 Å². The van der Waals surface area contributed by atoms with E-state index in [0.717, 1.165) is 0 Å². The number of aromatic nitrogens is 2. The fourth-order valence-corrected chi connectivity index (χ4v) is 1.10. The van der Waals surface area contributed by atoms with E-state index >= 15 is 0 Å². The average molecular weight is 208 g/mol. The molecule has 0 unspecified atom stereocenters. The third kappa shape index (κ3) is 1.57. The van der Waals surface area contributed by atoms with E-state index in [0.29, 0.717) is 0 Å². The second-order valence-electron chi connectivity index (χ2n) is 1.85. The van der Waals surface area contributed by atoms with E-state index in [2.05, 4.69) is 9.97 Å². The molecule has 0 aliphatic rings. The van der Waals surface area contributed by atoms with Crippen LogP contribution >= 0.6 is 23.2 Å². The van der Waals surface area contributed by atoms with Crippen molar-refractivity contribution in [3.8, 4) is 0 Å². The predicted molar refractivity (Wildman–Crippen MR) is 43.4 cm³/mol. The number of nitrogens with two attached hydrogens (primary N) is 1. The minimum atomic E-state index is -1.28. The summed E-state index contributed by atoms with van der Waals surface area (Å²) in [5.74, 6) is -1.53. The lowest BCUT2D eigenvalue weighted by Gasteiger charge is -2.00. The van der Waals surface area contributed by atoms with Crippen LogP contribution in [0.4, 0.5) is 5.82 Å². The highest BCUT2D eigenvalue weighted by atomic mass is 35.5. The Morgan fingerprint density at radius 3 is 2.42 bits per heavy atom. The Balaban J connectivity index is 3.38. The zero-order valence-corrected chi connectivity index (χ0v) is 7.10. The maximum atomic E-state index is 10.5. The summed E-state index contributed by atoms with van der Waals surface area (Å²) in [6.45, 7) is 0. The van der Waals surface area contributed by atoms with Gasteiger partial charge in [0.05, 0.1) is 0 Å². The van der Waals surface area contributed by atoms with Crippen LogP contribution in [0.25, 0.3) is 0 Å². The van der Waals surface area contributed by atoms with Crippen LogP contribution in [0.2, 0.25) is 10.4 Å². The van der Waals surface area contributed by atoms with E-state index in [1.807, 2.05) is 0 Å². The maximum Gasteiger partial charge on any atom is 0.342 e. The monoisotopic (exact) mass is 207 g/mol. The Kier molecular flexibility index (Phi) is 2.35. The highest BCUT2D eigenvalue weighted by molar-refractivity contribution is 6.34. The molecule has 0 aromatic carbocycles. The summed E-state index contributed by atoms with van der Waals surface area (Å²) < 4.78 is 0. The number of hydrogen-bond donors (Lipinski definition) is 2. The molecule has 0 amide bonds. The van der Waals surface area contributed by atoms with Crippen molar-refractivity contribution in [3.63, 3.8) is 0 Å². The second-order valence-corrected chi connectivity index (χ2v) is 2.54. The van der Waals surface area contributed by atoms with Gasteiger partial charge in [0.15, 0.2) is 5.15 Å². The molecule has 3 N–H and O–H groups in total. The molecule has 1 rings (SSSR count). The Morgan fingerprint density at radius 2 is 2.00 bits per heavy atom. The lowest BCUT2D eigenvalue weighted by molar-refractivity contribution is 0.0697. The molecular formula is C5H3Cl2N3O2. The minimum Gasteiger partial charge on any atom is -0.477 e. The first kappa shape index (κ1) is 9.02. The number of nitrogen functional groups attached to an aromatic ring is 1. The van der Waals surface area contributed by atoms with Gasteiger partial charge in [0.2, 0.25) is 5.28 Å². The quantitative estimate of drug-likeness (QED) is 0.532. The van der Waals surface area contributed by atoms with E-state index in [1.165, 1.54) is 0 Å². The van der Waals surface area contributed by atoms with Crippen molar-refractivity contribution in [2.75, 3.05) is 5.73 Å². The summed E-state index contributed by atoms with van der Waals surface area (Å²) in [7, 11) is 0. The number of rotatable bonds is 1. The van der Waals surface area contributed by atoms with Gasteiger partial charge in [0, 0.05) is 0 Å². The van der Waals surface area contributed by atoms with E-state index in [4.69, 9.17) is 34.0 Å². The second kappa shape index (κ2) is 3.12. The van der Waals surface area contributed by atoms with Crippen LogP contribution in [0.15, 0.2) is 0 Å². The Morgan fingerprint density at radius 1 is 1.42 bits per heavy atom. The lowest BCUT2D eigenvalue weighted by atomic mass is 10.3. The number of carboxylic acids is 1. The molecule has 0 aliphatic carbocycles. The molecule has 0 aliphatic heterocycles. The van der Waals surface area contributed by atoms with Crippen molar-refractivity contribution < 1.29 is 9.90 Å². The molecule has 0 spiro atoms. The number of carbonyl (C=O) groups is 1. The molecule has 12 heavy (non-hydrogen) atoms. The van der Waals surface area contributed by atoms with Crippen molar-refractivity contribution in [1.29, 1.82) is 0 Å². The Hall–Kier alpha value is -1.07. The summed E-state index contributed by atoms with van der Waals surface area (Å²) in [6, 6.07) is 0. The fourth-order valence-electron chi connectivity index (χ4n) is 0.621. The Labute approximate surface area is 77.1 Å². The van der Waals surface area contributed by atoms with Gasteiger partial charge in [-0.25, -0.2) is 14.8 Å². The fraction of sp³-hybridized carbons (Fsp3) is 0. The normalized spacial score (nSPS) is 9.83. The number of halogens is 2. The summed E-state index contributed by atoms with van der Waals surface area (Å²) in [5, 5.41) is 8.11. The van der Waals surface area contributed by atoms with Crippen LogP contribution in [-0.2, 0) is 0 Å². The number of hydrogen-bond acceptors (Lipinski definition) is 4. The number of nitrogens with zero attached hydrogens (tertiary/aromatic N) is 2. The number of carboxylic acid groups (broad SMARTS) is 1. The summed E-state index contributed by atoms with van der Waals surface area (Å²) in [6.07, 6.45) is 0. The smallest absolute Gasteiger partial charge is 0.342 e. The van der Waals surface area contributed by atoms with E-state index in [-0.39, 0.29) is 21.8 Å². The third-order valence-electron chi connectivity index (χ3n) is 1.08. The summed E-state index contributed by atoms with van der Waals surface area (Å²) >= 11 is 10.8. The van der Waals surface area contributed by atoms with Gasteiger partial charge < -0.3 is 10.8 Å². The van der Waals surface area contributed by atoms with Crippen molar-refractivity contribution in [2.45, 2.75) is 0 Å². The largest absolute Gasteiger partial charge is 0.477 e. The van der Waals surface area contributed by atoms with Crippen LogP contribution in [-0.4, -0.2) is 21.0 Å². The first-order valence-electron chi connectivity index (χ1n) is 2.74. The molecule has 5 nitrogen and oxygen atoms in total. The first-order valence-corrected chi connectivity index (χ1v) is 3.49. The van der Waals surface area contributed by atoms with Gasteiger partial charge in [-0.05, 0) is 11.6 Å². The van der Waals surface area contributed by atoms with Crippen molar-refractivity contribution in [1.82, 2.24) is 9.97 Å². The molecule has 0 radical (unpaired) electrons. The predicted octanol–water partition coefficient (Wildman–Crippen LogP) is 1.06. The molecule has 0 fully saturated rings. The van der Waals surface area contributed by atoms with Crippen LogP contribution in [0.3, 0.4) is 0 Å². The third-order valence-corrected chi connectivity index (χ3v) is 1.52. The summed E-state index contributed by atoms with van der Waals surface area (Å²) in [5.41, 5.74) is 4.89. The van der Waals surface area contributed by atoms with Gasteiger partial charge in [-0.1, -0.05) is 11.6 Å². The van der Waals surface area contributed by atoms with Crippen LogP contribution < -0.4 is 5.73 Å². The van der Waals surface area contributed by atoms with Gasteiger partial charge in [-0.2, -0.15) is 0 Å². The van der Waals surface area contributed by atoms with Crippen LogP contribution in [0.1, 0.15) is 10.4 Å². The SMILES string of the molecule is Nc1nc(Cl)nc(Cl)c1C(=O)O. The standard InChI is InChI=1S/C5H3Cl2N3O2/c6-2-1(4(11)12)3(8)10-5(7)9-2/h(H,11,12)(H2,8,9,10). The molecular weight excluding hydrogens is 205 g/mol. The van der Waals surface area contributed by atoms with E-state index < -0.39 is 5.97 Å². The topological polar surface area (TPSA) is 89.1 Å². The van der Waals surface area contributed by atoms with E-state index in [9.17, 15) is 4.79 Å². The highest BCUT2D eigenvalue weighted by Crippen LogP contribution is 2.19. The van der Waals surface area contributed by atoms with Gasteiger partial charge in [-0.3, -0.25) is 0 Å². The van der Waals surface area contributed by atoms with Crippen molar-refractivity contribution in [2.24, 2.45) is 0 Å². The number of aromatic carboxylic acids is 1. The lowest BCUT2D eigenvalue weighted by Crippen LogP contribution is -2.07. The first-order chi connectivity index (χ1) is 5.52. The van der Waals surface area contributed by atoms with Gasteiger partial charge in [-0.15, -0.1) is 0 Å². The average Bonchev–Trinajstić information content (AvgIpc) is 1.82. The molecule has 0 bridgehead atoms. The molecule has 0 saturated heterocycles. The minimum absolute atomic E-state index is 0.178. The van der Waals surface area contributed by atoms with Gasteiger partial charge in [0.1, 0.15) is 11.4 Å². The number of anilines is 1. The zero-order chi connectivity index (χ0) is 9.30. The molecule has 7 heteroatoms. The van der Waals surface area contributed by atoms with Crippen LogP contribution in [0.5, 0.6) is 0 Å². The molecule has 1 aromatic heterocycles. The van der Waals surface area contributed by atoms with E-state index in [1.54, 1.807) is 0 Å². The van der Waals surface area contributed by atoms with Crippen molar-refractivity contribution >= 4 is 35.0 Å². The zero-order valence-electron chi connectivity index (χ0n) is 5.58. The van der Waals surface area contributed by atoms with Crippen LogP contribution in [0, 0.1) is 0 Å².